The fraction of sp³-hybridized carbons (Fsp3) is 0. The molecule has 0 saturated heterocycles. The number of anilines is 2. The molecule has 6 nitrogen and oxygen atoms in total. The van der Waals surface area contributed by atoms with Gasteiger partial charge >= 0.3 is 0 Å². The van der Waals surface area contributed by atoms with E-state index < -0.39 is 5.82 Å². The Morgan fingerprint density at radius 1 is 1.08 bits per heavy atom. The summed E-state index contributed by atoms with van der Waals surface area (Å²) in [5.41, 5.74) is 0.961. The Morgan fingerprint density at radius 2 is 1.88 bits per heavy atom. The van der Waals surface area contributed by atoms with E-state index in [0.717, 1.165) is 8.96 Å². The maximum Gasteiger partial charge on any atom is 0.230 e. The van der Waals surface area contributed by atoms with Crippen molar-refractivity contribution >= 4 is 50.9 Å². The first kappa shape index (κ1) is 16.6. The molecule has 2 aromatic carbocycles. The number of nitrogens with zero attached hydrogens (tertiary/aromatic N) is 3. The number of hydrogen-bond acceptors (Lipinski definition) is 5. The molecule has 2 aromatic heterocycles. The van der Waals surface area contributed by atoms with Gasteiger partial charge in [-0.1, -0.05) is 0 Å². The Balaban J connectivity index is 1.84. The smallest absolute Gasteiger partial charge is 0.230 e. The normalized spacial score (nSPS) is 10.8. The standard InChI is InChI=1S/C18H11FIN5O/c19-11-3-1-10(2-4-11)16(26)18-22-14-9-12(20)5-6-13(14)17(24-18)23-15-7-8-21-25-15/h1-9H,(H2,21,22,23,24,25). The van der Waals surface area contributed by atoms with Gasteiger partial charge in [0.1, 0.15) is 17.5 Å². The zero-order valence-corrected chi connectivity index (χ0v) is 15.4. The molecule has 2 heterocycles. The van der Waals surface area contributed by atoms with Crippen molar-refractivity contribution in [2.45, 2.75) is 0 Å². The first-order chi connectivity index (χ1) is 12.6. The first-order valence-corrected chi connectivity index (χ1v) is 8.72. The summed E-state index contributed by atoms with van der Waals surface area (Å²) in [6.45, 7) is 0. The minimum Gasteiger partial charge on any atom is -0.325 e. The number of aromatic nitrogens is 4. The van der Waals surface area contributed by atoms with Crippen LogP contribution in [0.15, 0.2) is 54.7 Å². The van der Waals surface area contributed by atoms with Crippen LogP contribution >= 0.6 is 22.6 Å². The molecule has 0 aliphatic heterocycles. The molecule has 2 N–H and O–H groups in total. The fourth-order valence-corrected chi connectivity index (χ4v) is 2.96. The lowest BCUT2D eigenvalue weighted by Gasteiger charge is -2.09. The third-order valence-electron chi connectivity index (χ3n) is 3.72. The van der Waals surface area contributed by atoms with Crippen molar-refractivity contribution in [3.63, 3.8) is 0 Å². The molecule has 0 bridgehead atoms. The Morgan fingerprint density at radius 3 is 2.62 bits per heavy atom. The van der Waals surface area contributed by atoms with Gasteiger partial charge in [0.05, 0.1) is 11.7 Å². The molecule has 26 heavy (non-hydrogen) atoms. The van der Waals surface area contributed by atoms with Crippen LogP contribution in [-0.2, 0) is 0 Å². The third-order valence-corrected chi connectivity index (χ3v) is 4.39. The van der Waals surface area contributed by atoms with E-state index in [1.165, 1.54) is 24.3 Å². The van der Waals surface area contributed by atoms with Gasteiger partial charge in [-0.15, -0.1) is 0 Å². The maximum atomic E-state index is 13.1. The van der Waals surface area contributed by atoms with Crippen LogP contribution in [0, 0.1) is 9.39 Å². The highest BCUT2D eigenvalue weighted by molar-refractivity contribution is 14.1. The van der Waals surface area contributed by atoms with Gasteiger partial charge in [0.15, 0.2) is 0 Å². The molecule has 0 amide bonds. The Labute approximate surface area is 161 Å². The molecule has 0 atom stereocenters. The van der Waals surface area contributed by atoms with Gasteiger partial charge in [-0.05, 0) is 65.1 Å². The number of carbonyl (C=O) groups excluding carboxylic acids is 1. The number of nitrogens with one attached hydrogen (secondary N) is 2. The molecule has 0 spiro atoms. The lowest BCUT2D eigenvalue weighted by atomic mass is 10.1. The average Bonchev–Trinajstić information content (AvgIpc) is 3.14. The van der Waals surface area contributed by atoms with Crippen molar-refractivity contribution in [3.05, 3.63) is 75.5 Å². The van der Waals surface area contributed by atoms with E-state index in [4.69, 9.17) is 0 Å². The molecular weight excluding hydrogens is 448 g/mol. The second-order valence-corrected chi connectivity index (χ2v) is 6.73. The van der Waals surface area contributed by atoms with Crippen LogP contribution in [-0.4, -0.2) is 25.9 Å². The van der Waals surface area contributed by atoms with Crippen molar-refractivity contribution in [2.24, 2.45) is 0 Å². The van der Waals surface area contributed by atoms with Crippen LogP contribution in [0.3, 0.4) is 0 Å². The van der Waals surface area contributed by atoms with Gasteiger partial charge in [-0.2, -0.15) is 5.10 Å². The number of aromatic amines is 1. The minimum atomic E-state index is -0.405. The largest absolute Gasteiger partial charge is 0.325 e. The highest BCUT2D eigenvalue weighted by Crippen LogP contribution is 2.25. The number of carbonyl (C=O) groups is 1. The number of fused-ring (bicyclic) bond motifs is 1. The van der Waals surface area contributed by atoms with E-state index >= 15 is 0 Å². The van der Waals surface area contributed by atoms with Gasteiger partial charge in [0, 0.05) is 20.6 Å². The summed E-state index contributed by atoms with van der Waals surface area (Å²) in [7, 11) is 0. The molecular formula is C18H11FIN5O. The summed E-state index contributed by atoms with van der Waals surface area (Å²) in [6.07, 6.45) is 1.61. The molecule has 0 unspecified atom stereocenters. The zero-order valence-electron chi connectivity index (χ0n) is 13.2. The summed E-state index contributed by atoms with van der Waals surface area (Å²) in [4.78, 5) is 21.5. The van der Waals surface area contributed by atoms with Crippen LogP contribution < -0.4 is 5.32 Å². The molecule has 4 aromatic rings. The van der Waals surface area contributed by atoms with Crippen LogP contribution in [0.1, 0.15) is 16.2 Å². The van der Waals surface area contributed by atoms with E-state index in [1.807, 2.05) is 18.2 Å². The number of hydrogen-bond donors (Lipinski definition) is 2. The second-order valence-electron chi connectivity index (χ2n) is 5.49. The van der Waals surface area contributed by atoms with Gasteiger partial charge in [-0.25, -0.2) is 14.4 Å². The van der Waals surface area contributed by atoms with Crippen LogP contribution in [0.4, 0.5) is 16.0 Å². The number of H-pyrrole nitrogens is 1. The summed E-state index contributed by atoms with van der Waals surface area (Å²) in [5, 5.41) is 10.6. The summed E-state index contributed by atoms with van der Waals surface area (Å²) < 4.78 is 14.1. The maximum absolute atomic E-state index is 13.1. The number of benzene rings is 2. The average molecular weight is 459 g/mol. The quantitative estimate of drug-likeness (QED) is 0.355. The Bertz CT molecular complexity index is 1100. The van der Waals surface area contributed by atoms with Crippen molar-refractivity contribution in [3.8, 4) is 0 Å². The van der Waals surface area contributed by atoms with Gasteiger partial charge < -0.3 is 5.32 Å². The molecule has 0 saturated carbocycles. The van der Waals surface area contributed by atoms with E-state index in [1.54, 1.807) is 12.3 Å². The predicted molar refractivity (Wildman–Crippen MR) is 104 cm³/mol. The summed E-state index contributed by atoms with van der Waals surface area (Å²) in [5.74, 6) is 0.383. The molecule has 0 fully saturated rings. The Hall–Kier alpha value is -2.88. The molecule has 0 radical (unpaired) electrons. The second kappa shape index (κ2) is 6.79. The topological polar surface area (TPSA) is 83.6 Å². The van der Waals surface area contributed by atoms with Gasteiger partial charge in [0.25, 0.3) is 0 Å². The lowest BCUT2D eigenvalue weighted by molar-refractivity contribution is 0.103. The van der Waals surface area contributed by atoms with Crippen molar-refractivity contribution in [1.82, 2.24) is 20.2 Å². The van der Waals surface area contributed by atoms with Crippen LogP contribution in [0.2, 0.25) is 0 Å². The number of ketones is 1. The van der Waals surface area contributed by atoms with E-state index in [-0.39, 0.29) is 11.6 Å². The van der Waals surface area contributed by atoms with E-state index in [0.29, 0.717) is 22.7 Å². The number of rotatable bonds is 4. The monoisotopic (exact) mass is 459 g/mol. The predicted octanol–water partition coefficient (Wildman–Crippen LogP) is 4.07. The highest BCUT2D eigenvalue weighted by Gasteiger charge is 2.17. The van der Waals surface area contributed by atoms with Gasteiger partial charge in [0.2, 0.25) is 11.6 Å². The van der Waals surface area contributed by atoms with Crippen molar-refractivity contribution in [1.29, 1.82) is 0 Å². The minimum absolute atomic E-state index is 0.0353. The molecule has 4 rings (SSSR count). The van der Waals surface area contributed by atoms with Crippen LogP contribution in [0.5, 0.6) is 0 Å². The highest BCUT2D eigenvalue weighted by atomic mass is 127. The molecule has 8 heteroatoms. The summed E-state index contributed by atoms with van der Waals surface area (Å²) in [6, 6.07) is 12.8. The zero-order chi connectivity index (χ0) is 18.1. The Kier molecular flexibility index (Phi) is 4.33. The third kappa shape index (κ3) is 3.27. The van der Waals surface area contributed by atoms with Crippen molar-refractivity contribution in [2.75, 3.05) is 5.32 Å². The van der Waals surface area contributed by atoms with E-state index in [9.17, 15) is 9.18 Å². The van der Waals surface area contributed by atoms with Crippen LogP contribution in [0.25, 0.3) is 10.9 Å². The first-order valence-electron chi connectivity index (χ1n) is 7.64. The molecule has 0 aliphatic rings. The molecule has 0 aliphatic carbocycles. The SMILES string of the molecule is O=C(c1ccc(F)cc1)c1nc(Nc2ccn[nH]2)c2ccc(I)cc2n1. The van der Waals surface area contributed by atoms with E-state index in [2.05, 4.69) is 48.1 Å². The summed E-state index contributed by atoms with van der Waals surface area (Å²) >= 11 is 2.18. The lowest BCUT2D eigenvalue weighted by Crippen LogP contribution is -2.10. The number of halogens is 2. The fourth-order valence-electron chi connectivity index (χ4n) is 2.48. The molecule has 128 valence electrons. The van der Waals surface area contributed by atoms with Crippen molar-refractivity contribution < 1.29 is 9.18 Å². The van der Waals surface area contributed by atoms with Gasteiger partial charge in [-0.3, -0.25) is 9.89 Å².